The van der Waals surface area contributed by atoms with Crippen molar-refractivity contribution in [2.24, 2.45) is 10.7 Å². The van der Waals surface area contributed by atoms with Crippen LogP contribution in [0.1, 0.15) is 13.8 Å². The van der Waals surface area contributed by atoms with Crippen LogP contribution in [0.5, 0.6) is 0 Å². The Hall–Kier alpha value is 1.05. The molecule has 0 heterocycles. The smallest absolute Gasteiger partial charge is 0.171 e. The zero-order valence-corrected chi connectivity index (χ0v) is 11.9. The van der Waals surface area contributed by atoms with Crippen LogP contribution in [0.3, 0.4) is 0 Å². The van der Waals surface area contributed by atoms with Crippen molar-refractivity contribution in [1.29, 1.82) is 0 Å². The predicted molar refractivity (Wildman–Crippen MR) is 78.5 cm³/mol. The van der Waals surface area contributed by atoms with Crippen molar-refractivity contribution in [2.45, 2.75) is 13.8 Å². The van der Waals surface area contributed by atoms with Crippen molar-refractivity contribution in [1.82, 2.24) is 0 Å². The van der Waals surface area contributed by atoms with E-state index in [2.05, 4.69) is 17.2 Å². The van der Waals surface area contributed by atoms with E-state index >= 15 is 0 Å². The molecule has 0 rings (SSSR count). The maximum absolute atomic E-state index is 5.28. The third-order valence-electron chi connectivity index (χ3n) is 0.564. The lowest BCUT2D eigenvalue weighted by Gasteiger charge is -1.96. The Balaban J connectivity index is 3.49. The molecule has 0 amide bonds. The highest BCUT2D eigenvalue weighted by atomic mass is 33.7. The molecule has 8 heteroatoms. The zero-order valence-electron chi connectivity index (χ0n) is 6.97. The minimum absolute atomic E-state index is 0.430. The van der Waals surface area contributed by atoms with Gasteiger partial charge in [0, 0.05) is 5.71 Å². The van der Waals surface area contributed by atoms with E-state index in [4.69, 9.17) is 18.0 Å². The average molecular weight is 289 g/mol. The fourth-order valence-electron chi connectivity index (χ4n) is 0.292. The molecule has 0 aromatic heterocycles. The second-order valence-electron chi connectivity index (χ2n) is 1.95. The monoisotopic (exact) mass is 288 g/mol. The molecular weight excluding hydrogens is 280 g/mol. The molecule has 0 aliphatic rings. The minimum atomic E-state index is 0.430. The Kier molecular flexibility index (Phi) is 9.04. The van der Waals surface area contributed by atoms with Gasteiger partial charge in [0.1, 0.15) is 4.32 Å². The molecular formula is C5H8N2S6. The normalized spacial score (nSPS) is 9.38. The van der Waals surface area contributed by atoms with Crippen LogP contribution in [0.2, 0.25) is 0 Å². The summed E-state index contributed by atoms with van der Waals surface area (Å²) >= 11 is 9.66. The molecule has 0 unspecified atom stereocenters. The third-order valence-corrected chi connectivity index (χ3v) is 7.19. The molecule has 0 spiro atoms. The van der Waals surface area contributed by atoms with E-state index in [0.717, 1.165) is 5.71 Å². The summed E-state index contributed by atoms with van der Waals surface area (Å²) in [7, 11) is 5.79. The Morgan fingerprint density at radius 2 is 1.69 bits per heavy atom. The Morgan fingerprint density at radius 1 is 1.15 bits per heavy atom. The Morgan fingerprint density at radius 3 is 2.15 bits per heavy atom. The Labute approximate surface area is 104 Å². The van der Waals surface area contributed by atoms with Crippen LogP contribution in [0.15, 0.2) is 4.99 Å². The lowest BCUT2D eigenvalue weighted by atomic mass is 10.5. The van der Waals surface area contributed by atoms with Crippen molar-refractivity contribution < 1.29 is 0 Å². The van der Waals surface area contributed by atoms with Gasteiger partial charge in [-0.3, -0.25) is 0 Å². The predicted octanol–water partition coefficient (Wildman–Crippen LogP) is 3.67. The fourth-order valence-corrected chi connectivity index (χ4v) is 6.16. The SMILES string of the molecule is CC(C)=NC(=S)SSSSC(N)=S. The molecule has 2 N–H and O–H groups in total. The molecule has 0 fully saturated rings. The number of hydrogen-bond donors (Lipinski definition) is 1. The first kappa shape index (κ1) is 14.1. The molecule has 0 saturated heterocycles. The second-order valence-corrected chi connectivity index (χ2v) is 8.99. The maximum atomic E-state index is 5.28. The molecule has 0 aliphatic carbocycles. The first-order chi connectivity index (χ1) is 6.02. The molecule has 0 radical (unpaired) electrons. The number of aliphatic imine (C=N–C) groups is 1. The van der Waals surface area contributed by atoms with Gasteiger partial charge in [0.2, 0.25) is 0 Å². The summed E-state index contributed by atoms with van der Waals surface area (Å²) in [5.74, 6) is 0. The standard InChI is InChI=1S/C5H8N2S6/c1-3(2)7-5(9)11-13-12-10-4(6)8/h1-2H3,(H2,6,8). The van der Waals surface area contributed by atoms with E-state index in [1.54, 1.807) is 0 Å². The van der Waals surface area contributed by atoms with Gasteiger partial charge >= 0.3 is 0 Å². The van der Waals surface area contributed by atoms with E-state index in [9.17, 15) is 0 Å². The zero-order chi connectivity index (χ0) is 10.3. The largest absolute Gasteiger partial charge is 0.384 e. The quantitative estimate of drug-likeness (QED) is 0.367. The maximum Gasteiger partial charge on any atom is 0.171 e. The van der Waals surface area contributed by atoms with Crippen molar-refractivity contribution in [2.75, 3.05) is 0 Å². The molecule has 0 aromatic rings. The van der Waals surface area contributed by atoms with E-state index in [1.807, 2.05) is 13.8 Å². The highest BCUT2D eigenvalue weighted by Crippen LogP contribution is 2.43. The molecule has 2 nitrogen and oxygen atoms in total. The average Bonchev–Trinajstić information content (AvgIpc) is 1.96. The van der Waals surface area contributed by atoms with Crippen LogP contribution in [-0.2, 0) is 0 Å². The second kappa shape index (κ2) is 8.37. The van der Waals surface area contributed by atoms with E-state index in [0.29, 0.717) is 8.64 Å². The summed E-state index contributed by atoms with van der Waals surface area (Å²) in [6.07, 6.45) is 0. The lowest BCUT2D eigenvalue weighted by molar-refractivity contribution is 1.64. The topological polar surface area (TPSA) is 38.4 Å². The van der Waals surface area contributed by atoms with Crippen LogP contribution in [-0.4, -0.2) is 14.4 Å². The van der Waals surface area contributed by atoms with Crippen LogP contribution in [0, 0.1) is 0 Å². The van der Waals surface area contributed by atoms with E-state index in [1.165, 1.54) is 41.2 Å². The highest BCUT2D eigenvalue weighted by molar-refractivity contribution is 9.29. The Bertz CT molecular complexity index is 221. The van der Waals surface area contributed by atoms with Crippen LogP contribution < -0.4 is 5.73 Å². The number of nitrogens with two attached hydrogens (primary N) is 1. The van der Waals surface area contributed by atoms with Gasteiger partial charge in [-0.1, -0.05) is 12.2 Å². The van der Waals surface area contributed by atoms with Crippen molar-refractivity contribution in [3.05, 3.63) is 0 Å². The lowest BCUT2D eigenvalue weighted by Crippen LogP contribution is -1.98. The third kappa shape index (κ3) is 11.0. The molecule has 0 aliphatic heterocycles. The number of nitrogens with zero attached hydrogens (tertiary/aromatic N) is 1. The highest BCUT2D eigenvalue weighted by Gasteiger charge is 1.98. The van der Waals surface area contributed by atoms with Crippen molar-refractivity contribution in [3.8, 4) is 0 Å². The molecule has 0 aromatic carbocycles. The van der Waals surface area contributed by atoms with Gasteiger partial charge in [-0.25, -0.2) is 4.99 Å². The summed E-state index contributed by atoms with van der Waals surface area (Å²) in [5, 5.41) is 0. The summed E-state index contributed by atoms with van der Waals surface area (Å²) in [6.45, 7) is 3.82. The van der Waals surface area contributed by atoms with Gasteiger partial charge in [0.15, 0.2) is 4.32 Å². The number of thiocarbonyl (C=S) groups is 2. The summed E-state index contributed by atoms with van der Waals surface area (Å²) in [4.78, 5) is 4.10. The number of rotatable bonds is 3. The first-order valence-electron chi connectivity index (χ1n) is 3.05. The van der Waals surface area contributed by atoms with Crippen LogP contribution >= 0.6 is 65.7 Å². The van der Waals surface area contributed by atoms with Gasteiger partial charge in [-0.2, -0.15) is 0 Å². The van der Waals surface area contributed by atoms with Gasteiger partial charge in [0.05, 0.1) is 0 Å². The van der Waals surface area contributed by atoms with Gasteiger partial charge in [-0.05, 0) is 67.3 Å². The first-order valence-corrected chi connectivity index (χ1v) is 8.69. The molecule has 0 bridgehead atoms. The van der Waals surface area contributed by atoms with E-state index < -0.39 is 0 Å². The van der Waals surface area contributed by atoms with Gasteiger partial charge < -0.3 is 5.73 Å². The molecule has 0 atom stereocenters. The summed E-state index contributed by atoms with van der Waals surface area (Å²) in [5.41, 5.74) is 6.24. The van der Waals surface area contributed by atoms with Crippen LogP contribution in [0.4, 0.5) is 0 Å². The summed E-state index contributed by atoms with van der Waals surface area (Å²) in [6, 6.07) is 0. The van der Waals surface area contributed by atoms with Gasteiger partial charge in [0.25, 0.3) is 0 Å². The minimum Gasteiger partial charge on any atom is -0.384 e. The fraction of sp³-hybridized carbons (Fsp3) is 0.400. The molecule has 74 valence electrons. The van der Waals surface area contributed by atoms with Crippen molar-refractivity contribution in [3.63, 3.8) is 0 Å². The molecule has 13 heavy (non-hydrogen) atoms. The summed E-state index contributed by atoms with van der Waals surface area (Å²) < 4.78 is 1.06. The van der Waals surface area contributed by atoms with Crippen LogP contribution in [0.25, 0.3) is 0 Å². The molecule has 0 saturated carbocycles. The van der Waals surface area contributed by atoms with E-state index in [-0.39, 0.29) is 0 Å². The number of hydrogen-bond acceptors (Lipinski definition) is 6. The van der Waals surface area contributed by atoms with Gasteiger partial charge in [-0.15, -0.1) is 0 Å². The van der Waals surface area contributed by atoms with Crippen molar-refractivity contribution >= 4 is 80.0 Å².